The zero-order valence-electron chi connectivity index (χ0n) is 3.48. The lowest BCUT2D eigenvalue weighted by molar-refractivity contribution is -0.127. The molecule has 0 aliphatic rings. The Morgan fingerprint density at radius 2 is 2.57 bits per heavy atom. The van der Waals surface area contributed by atoms with E-state index in [4.69, 9.17) is 0 Å². The van der Waals surface area contributed by atoms with E-state index in [9.17, 15) is 4.79 Å². The molecule has 0 N–H and O–H groups in total. The van der Waals surface area contributed by atoms with Gasteiger partial charge in [0.25, 0.3) is 6.47 Å². The molecule has 2 nitrogen and oxygen atoms in total. The summed E-state index contributed by atoms with van der Waals surface area (Å²) in [5.74, 6) is 2.46. The van der Waals surface area contributed by atoms with Crippen LogP contribution in [0.15, 0.2) is 0 Å². The van der Waals surface area contributed by atoms with Gasteiger partial charge in [0, 0.05) is 15.9 Å². The highest BCUT2D eigenvalue weighted by Crippen LogP contribution is 1.68. The summed E-state index contributed by atoms with van der Waals surface area (Å²) in [5, 5.41) is 0. The SMILES string of the molecule is O=COCC#CBr. The third-order valence-corrected chi connectivity index (χ3v) is 0.571. The van der Waals surface area contributed by atoms with Gasteiger partial charge in [-0.2, -0.15) is 0 Å². The van der Waals surface area contributed by atoms with Gasteiger partial charge in [-0.05, 0) is 10.8 Å². The maximum Gasteiger partial charge on any atom is 0.294 e. The molecule has 0 aromatic rings. The number of rotatable bonds is 2. The Hall–Kier alpha value is -0.490. The number of carbonyl (C=O) groups excluding carboxylic acids is 1. The van der Waals surface area contributed by atoms with E-state index in [1.807, 2.05) is 0 Å². The van der Waals surface area contributed by atoms with E-state index < -0.39 is 0 Å². The second-order valence-corrected chi connectivity index (χ2v) is 1.07. The molecule has 0 fully saturated rings. The highest BCUT2D eigenvalue weighted by molar-refractivity contribution is 9.12. The largest absolute Gasteiger partial charge is 0.455 e. The molecule has 0 bridgehead atoms. The third-order valence-electron chi connectivity index (χ3n) is 0.290. The van der Waals surface area contributed by atoms with Crippen molar-refractivity contribution in [2.75, 3.05) is 6.61 Å². The molecule has 0 aliphatic heterocycles. The number of ether oxygens (including phenoxy) is 1. The zero-order valence-corrected chi connectivity index (χ0v) is 5.06. The molecule has 0 saturated carbocycles. The monoisotopic (exact) mass is 162 g/mol. The van der Waals surface area contributed by atoms with Crippen LogP contribution in [-0.2, 0) is 9.53 Å². The average molecular weight is 163 g/mol. The van der Waals surface area contributed by atoms with Crippen molar-refractivity contribution < 1.29 is 9.53 Å². The fourth-order valence-electron chi connectivity index (χ4n) is 0.103. The lowest BCUT2D eigenvalue weighted by atomic mass is 10.8. The predicted octanol–water partition coefficient (Wildman–Crippen LogP) is 0.515. The molecule has 0 aliphatic carbocycles. The van der Waals surface area contributed by atoms with E-state index in [1.54, 1.807) is 0 Å². The molecule has 3 heteroatoms. The Balaban J connectivity index is 2.92. The second-order valence-electron chi connectivity index (χ2n) is 0.678. The molecule has 0 amide bonds. The van der Waals surface area contributed by atoms with E-state index in [0.717, 1.165) is 0 Å². The summed E-state index contributed by atoms with van der Waals surface area (Å²) < 4.78 is 4.19. The van der Waals surface area contributed by atoms with Crippen LogP contribution in [0.5, 0.6) is 0 Å². The maximum absolute atomic E-state index is 9.37. The van der Waals surface area contributed by atoms with E-state index >= 15 is 0 Å². The highest BCUT2D eigenvalue weighted by Gasteiger charge is 1.67. The minimum absolute atomic E-state index is 0.161. The van der Waals surface area contributed by atoms with Gasteiger partial charge in [0.2, 0.25) is 0 Å². The maximum atomic E-state index is 9.37. The van der Waals surface area contributed by atoms with E-state index in [0.29, 0.717) is 6.47 Å². The zero-order chi connectivity index (χ0) is 5.54. The summed E-state index contributed by atoms with van der Waals surface area (Å²) in [4.78, 5) is 11.8. The fourth-order valence-corrected chi connectivity index (χ4v) is 0.217. The minimum Gasteiger partial charge on any atom is -0.455 e. The molecule has 0 heterocycles. The van der Waals surface area contributed by atoms with Crippen molar-refractivity contribution in [3.63, 3.8) is 0 Å². The first-order valence-corrected chi connectivity index (χ1v) is 2.35. The van der Waals surface area contributed by atoms with Gasteiger partial charge in [-0.25, -0.2) is 0 Å². The topological polar surface area (TPSA) is 26.3 Å². The van der Waals surface area contributed by atoms with Gasteiger partial charge in [0.1, 0.15) is 0 Å². The number of halogens is 1. The van der Waals surface area contributed by atoms with Crippen molar-refractivity contribution in [1.82, 2.24) is 0 Å². The first-order chi connectivity index (χ1) is 3.41. The van der Waals surface area contributed by atoms with E-state index in [1.165, 1.54) is 0 Å². The van der Waals surface area contributed by atoms with Crippen LogP contribution >= 0.6 is 15.9 Å². The van der Waals surface area contributed by atoms with E-state index in [2.05, 4.69) is 31.4 Å². The molecule has 38 valence electrons. The Bertz CT molecular complexity index is 100.0. The van der Waals surface area contributed by atoms with Crippen LogP contribution in [0.3, 0.4) is 0 Å². The lowest BCUT2D eigenvalue weighted by Crippen LogP contribution is -1.84. The third kappa shape index (κ3) is 5.51. The number of hydrogen-bond donors (Lipinski definition) is 0. The summed E-state index contributed by atoms with van der Waals surface area (Å²) >= 11 is 2.82. The standard InChI is InChI=1S/C4H3BrO2/c5-2-1-3-7-4-6/h4H,3H2. The van der Waals surface area contributed by atoms with Crippen LogP contribution in [0.4, 0.5) is 0 Å². The predicted molar refractivity (Wildman–Crippen MR) is 28.7 cm³/mol. The lowest BCUT2D eigenvalue weighted by Gasteiger charge is -1.80. The molecule has 7 heavy (non-hydrogen) atoms. The molecule has 0 rings (SSSR count). The molecule has 0 aromatic heterocycles. The normalized spacial score (nSPS) is 5.86. The summed E-state index contributed by atoms with van der Waals surface area (Å²) in [5.41, 5.74) is 0. The smallest absolute Gasteiger partial charge is 0.294 e. The average Bonchev–Trinajstić information content (AvgIpc) is 1.69. The van der Waals surface area contributed by atoms with Crippen molar-refractivity contribution >= 4 is 22.4 Å². The Labute approximate surface area is 50.0 Å². The molecule has 0 unspecified atom stereocenters. The highest BCUT2D eigenvalue weighted by atomic mass is 79.9. The van der Waals surface area contributed by atoms with E-state index in [-0.39, 0.29) is 6.61 Å². The van der Waals surface area contributed by atoms with Crippen LogP contribution in [0.1, 0.15) is 0 Å². The van der Waals surface area contributed by atoms with Gasteiger partial charge in [-0.3, -0.25) is 4.79 Å². The molecular formula is C4H3BrO2. The quantitative estimate of drug-likeness (QED) is 0.337. The van der Waals surface area contributed by atoms with Gasteiger partial charge in [0.05, 0.1) is 0 Å². The van der Waals surface area contributed by atoms with Crippen LogP contribution in [-0.4, -0.2) is 13.1 Å². The molecule has 0 saturated heterocycles. The van der Waals surface area contributed by atoms with Crippen molar-refractivity contribution in [3.8, 4) is 10.8 Å². The fraction of sp³-hybridized carbons (Fsp3) is 0.250. The van der Waals surface area contributed by atoms with Crippen LogP contribution in [0.25, 0.3) is 0 Å². The minimum atomic E-state index is 0.161. The molecule has 0 radical (unpaired) electrons. The number of carbonyl (C=O) groups is 1. The Morgan fingerprint density at radius 1 is 1.86 bits per heavy atom. The van der Waals surface area contributed by atoms with Crippen molar-refractivity contribution in [2.24, 2.45) is 0 Å². The van der Waals surface area contributed by atoms with Gasteiger partial charge in [-0.15, -0.1) is 0 Å². The van der Waals surface area contributed by atoms with Crippen LogP contribution < -0.4 is 0 Å². The summed E-state index contributed by atoms with van der Waals surface area (Å²) in [6, 6.07) is 0. The van der Waals surface area contributed by atoms with Gasteiger partial charge in [0.15, 0.2) is 6.61 Å². The molecule has 0 atom stereocenters. The van der Waals surface area contributed by atoms with Crippen molar-refractivity contribution in [1.29, 1.82) is 0 Å². The summed E-state index contributed by atoms with van der Waals surface area (Å²) in [6.45, 7) is 0.520. The van der Waals surface area contributed by atoms with Gasteiger partial charge >= 0.3 is 0 Å². The van der Waals surface area contributed by atoms with Gasteiger partial charge in [-0.1, -0.05) is 0 Å². The van der Waals surface area contributed by atoms with Gasteiger partial charge < -0.3 is 4.74 Å². The Kier molecular flexibility index (Phi) is 5.12. The molecule has 0 spiro atoms. The van der Waals surface area contributed by atoms with Crippen molar-refractivity contribution in [3.05, 3.63) is 0 Å². The molecular weight excluding hydrogens is 160 g/mol. The first-order valence-electron chi connectivity index (χ1n) is 1.55. The van der Waals surface area contributed by atoms with Crippen LogP contribution in [0, 0.1) is 10.8 Å². The first kappa shape index (κ1) is 6.51. The second kappa shape index (κ2) is 5.51. The molecule has 0 aromatic carbocycles. The Morgan fingerprint density at radius 3 is 3.00 bits per heavy atom. The number of hydrogen-bond acceptors (Lipinski definition) is 2. The summed E-state index contributed by atoms with van der Waals surface area (Å²) in [6.07, 6.45) is 0. The summed E-state index contributed by atoms with van der Waals surface area (Å²) in [7, 11) is 0. The van der Waals surface area contributed by atoms with Crippen LogP contribution in [0.2, 0.25) is 0 Å². The van der Waals surface area contributed by atoms with Crippen molar-refractivity contribution in [2.45, 2.75) is 0 Å².